The number of hydrazone groups is 2. The first-order valence-corrected chi connectivity index (χ1v) is 14.2. The Hall–Kier alpha value is -5.17. The molecule has 0 saturated heterocycles. The molecular formula is C35H37N7. The molecule has 0 heterocycles. The first-order chi connectivity index (χ1) is 20.6. The van der Waals surface area contributed by atoms with Crippen LogP contribution in [0.25, 0.3) is 0 Å². The monoisotopic (exact) mass is 555 g/mol. The molecular weight excluding hydrogens is 518 g/mol. The van der Waals surface area contributed by atoms with Gasteiger partial charge in [0.2, 0.25) is 5.96 Å². The number of unbranched alkanes of at least 4 members (excludes halogenated alkanes) is 1. The maximum Gasteiger partial charge on any atom is 0.248 e. The van der Waals surface area contributed by atoms with Crippen molar-refractivity contribution in [2.24, 2.45) is 25.2 Å². The minimum atomic E-state index is 0.353. The molecule has 7 nitrogen and oxygen atoms in total. The molecule has 0 unspecified atom stereocenters. The molecule has 0 saturated carbocycles. The lowest BCUT2D eigenvalue weighted by Gasteiger charge is -2.09. The molecule has 4 aromatic carbocycles. The number of nitrogens with one attached hydrogen (secondary N) is 2. The van der Waals surface area contributed by atoms with Crippen molar-refractivity contribution in [1.29, 1.82) is 0 Å². The molecule has 0 spiro atoms. The minimum Gasteiger partial charge on any atom is -0.264 e. The highest BCUT2D eigenvalue weighted by molar-refractivity contribution is 6.14. The van der Waals surface area contributed by atoms with E-state index in [2.05, 4.69) is 32.8 Å². The summed E-state index contributed by atoms with van der Waals surface area (Å²) in [6, 6.07) is 40.3. The normalized spacial score (nSPS) is 11.3. The molecule has 4 aromatic rings. The lowest BCUT2D eigenvalue weighted by Crippen LogP contribution is -2.21. The highest BCUT2D eigenvalue weighted by atomic mass is 15.3. The summed E-state index contributed by atoms with van der Waals surface area (Å²) in [5.74, 6) is 1.50. The highest BCUT2D eigenvalue weighted by Gasteiger charge is 2.08. The maximum atomic E-state index is 4.71. The maximum absolute atomic E-state index is 4.71. The van der Waals surface area contributed by atoms with E-state index in [0.717, 1.165) is 46.5 Å². The number of hydrogen-bond donors (Lipinski definition) is 2. The topological polar surface area (TPSA) is 85.9 Å². The largest absolute Gasteiger partial charge is 0.264 e. The quantitative estimate of drug-likeness (QED) is 0.100. The van der Waals surface area contributed by atoms with Crippen molar-refractivity contribution < 1.29 is 0 Å². The predicted octanol–water partition coefficient (Wildman–Crippen LogP) is 7.06. The van der Waals surface area contributed by atoms with E-state index in [-0.39, 0.29) is 0 Å². The molecule has 0 atom stereocenters. The van der Waals surface area contributed by atoms with Gasteiger partial charge in [0.1, 0.15) is 11.7 Å². The third-order valence-corrected chi connectivity index (χ3v) is 6.15. The van der Waals surface area contributed by atoms with E-state index in [1.54, 1.807) is 0 Å². The van der Waals surface area contributed by atoms with Crippen molar-refractivity contribution in [3.8, 4) is 0 Å². The second-order valence-corrected chi connectivity index (χ2v) is 9.54. The molecule has 0 aromatic heterocycles. The van der Waals surface area contributed by atoms with Crippen LogP contribution in [0.1, 0.15) is 55.9 Å². The first kappa shape index (κ1) is 29.8. The molecule has 0 aliphatic rings. The molecule has 212 valence electrons. The lowest BCUT2D eigenvalue weighted by molar-refractivity contribution is 0.806. The van der Waals surface area contributed by atoms with Crippen molar-refractivity contribution in [1.82, 2.24) is 10.9 Å². The summed E-state index contributed by atoms with van der Waals surface area (Å²) in [5.41, 5.74) is 11.9. The SMILES string of the molecule is CCCCN=C(/N=C(\C)NN=C(c1ccccc1)c1ccccc1)/N=C(\C)NN=C(c1ccccc1)c1ccccc1. The number of benzene rings is 4. The fraction of sp³-hybridized carbons (Fsp3) is 0.171. The van der Waals surface area contributed by atoms with Gasteiger partial charge in [0, 0.05) is 28.8 Å². The van der Waals surface area contributed by atoms with Crippen molar-refractivity contribution in [3.63, 3.8) is 0 Å². The van der Waals surface area contributed by atoms with E-state index >= 15 is 0 Å². The summed E-state index contributed by atoms with van der Waals surface area (Å²) in [6.45, 7) is 6.47. The van der Waals surface area contributed by atoms with Crippen molar-refractivity contribution in [2.45, 2.75) is 33.6 Å². The molecule has 4 rings (SSSR count). The number of hydrogen-bond acceptors (Lipinski definition) is 3. The van der Waals surface area contributed by atoms with E-state index in [4.69, 9.17) is 10.2 Å². The van der Waals surface area contributed by atoms with E-state index in [1.165, 1.54) is 0 Å². The predicted molar refractivity (Wildman–Crippen MR) is 177 cm³/mol. The summed E-state index contributed by atoms with van der Waals surface area (Å²) in [6.07, 6.45) is 1.98. The van der Waals surface area contributed by atoms with Gasteiger partial charge in [0.15, 0.2) is 0 Å². The average Bonchev–Trinajstić information content (AvgIpc) is 3.03. The van der Waals surface area contributed by atoms with Crippen LogP contribution in [0, 0.1) is 0 Å². The Morgan fingerprint density at radius 3 is 1.17 bits per heavy atom. The summed E-state index contributed by atoms with van der Waals surface area (Å²) < 4.78 is 0. The van der Waals surface area contributed by atoms with E-state index in [1.807, 2.05) is 135 Å². The zero-order valence-electron chi connectivity index (χ0n) is 24.4. The number of amidine groups is 2. The Kier molecular flexibility index (Phi) is 11.5. The Balaban J connectivity index is 1.58. The molecule has 2 N–H and O–H groups in total. The van der Waals surface area contributed by atoms with Crippen LogP contribution in [0.5, 0.6) is 0 Å². The first-order valence-electron chi connectivity index (χ1n) is 14.2. The van der Waals surface area contributed by atoms with Crippen molar-refractivity contribution in [3.05, 3.63) is 144 Å². The summed E-state index contributed by atoms with van der Waals surface area (Å²) in [7, 11) is 0. The third-order valence-electron chi connectivity index (χ3n) is 6.15. The van der Waals surface area contributed by atoms with E-state index < -0.39 is 0 Å². The van der Waals surface area contributed by atoms with Crippen LogP contribution in [0.4, 0.5) is 0 Å². The zero-order chi connectivity index (χ0) is 29.4. The molecule has 0 aliphatic heterocycles. The molecule has 0 radical (unpaired) electrons. The van der Waals surface area contributed by atoms with Crippen LogP contribution in [-0.2, 0) is 0 Å². The summed E-state index contributed by atoms with van der Waals surface area (Å²) in [5, 5.41) is 9.43. The smallest absolute Gasteiger partial charge is 0.248 e. The van der Waals surface area contributed by atoms with Gasteiger partial charge in [-0.15, -0.1) is 0 Å². The number of aliphatic imine (C=N–C) groups is 3. The average molecular weight is 556 g/mol. The Labute approximate surface area is 248 Å². The number of nitrogens with zero attached hydrogens (tertiary/aromatic N) is 5. The molecule has 0 amide bonds. The Morgan fingerprint density at radius 1 is 0.524 bits per heavy atom. The molecule has 0 fully saturated rings. The van der Waals surface area contributed by atoms with Gasteiger partial charge in [-0.1, -0.05) is 135 Å². The van der Waals surface area contributed by atoms with Crippen LogP contribution in [0.2, 0.25) is 0 Å². The second-order valence-electron chi connectivity index (χ2n) is 9.54. The van der Waals surface area contributed by atoms with Crippen LogP contribution >= 0.6 is 0 Å². The Morgan fingerprint density at radius 2 is 0.857 bits per heavy atom. The van der Waals surface area contributed by atoms with Gasteiger partial charge < -0.3 is 0 Å². The van der Waals surface area contributed by atoms with Crippen LogP contribution < -0.4 is 10.9 Å². The molecule has 0 bridgehead atoms. The standard InChI is InChI=1S/C35H37N7/c1-4-5-26-36-35(37-27(2)39-41-33(29-18-10-6-11-19-29)30-20-12-7-13-21-30)38-28(3)40-42-34(31-22-14-8-15-23-31)32-24-16-9-17-25-32/h6-25H,4-5,26H2,1-3H3,(H2,36,37,38,39,40). The van der Waals surface area contributed by atoms with Gasteiger partial charge in [-0.3, -0.25) is 10.9 Å². The lowest BCUT2D eigenvalue weighted by atomic mass is 10.0. The zero-order valence-corrected chi connectivity index (χ0v) is 24.4. The van der Waals surface area contributed by atoms with Crippen molar-refractivity contribution >= 4 is 29.1 Å². The minimum absolute atomic E-state index is 0.353. The molecule has 42 heavy (non-hydrogen) atoms. The van der Waals surface area contributed by atoms with Gasteiger partial charge in [-0.2, -0.15) is 20.2 Å². The van der Waals surface area contributed by atoms with E-state index in [9.17, 15) is 0 Å². The third kappa shape index (κ3) is 9.20. The van der Waals surface area contributed by atoms with Crippen LogP contribution in [0.3, 0.4) is 0 Å². The number of rotatable bonds is 9. The van der Waals surface area contributed by atoms with Crippen LogP contribution in [0.15, 0.2) is 147 Å². The van der Waals surface area contributed by atoms with Gasteiger partial charge in [0.25, 0.3) is 0 Å². The molecule has 0 aliphatic carbocycles. The van der Waals surface area contributed by atoms with Gasteiger partial charge >= 0.3 is 0 Å². The number of guanidine groups is 1. The fourth-order valence-corrected chi connectivity index (χ4v) is 4.03. The Bertz CT molecular complexity index is 1340. The summed E-state index contributed by atoms with van der Waals surface area (Å²) in [4.78, 5) is 14.0. The highest BCUT2D eigenvalue weighted by Crippen LogP contribution is 2.11. The second kappa shape index (κ2) is 16.2. The van der Waals surface area contributed by atoms with Crippen LogP contribution in [-0.4, -0.2) is 35.6 Å². The molecule has 7 heteroatoms. The van der Waals surface area contributed by atoms with Gasteiger partial charge in [-0.05, 0) is 20.3 Å². The van der Waals surface area contributed by atoms with E-state index in [0.29, 0.717) is 24.2 Å². The van der Waals surface area contributed by atoms with Crippen molar-refractivity contribution in [2.75, 3.05) is 6.54 Å². The van der Waals surface area contributed by atoms with Gasteiger partial charge in [-0.25, -0.2) is 4.99 Å². The summed E-state index contributed by atoms with van der Waals surface area (Å²) >= 11 is 0. The van der Waals surface area contributed by atoms with Gasteiger partial charge in [0.05, 0.1) is 11.4 Å². The fourth-order valence-electron chi connectivity index (χ4n) is 4.03.